The van der Waals surface area contributed by atoms with E-state index in [9.17, 15) is 13.2 Å². The van der Waals surface area contributed by atoms with E-state index in [1.54, 1.807) is 18.2 Å². The maximum atomic E-state index is 12.6. The van der Waals surface area contributed by atoms with Crippen LogP contribution >= 0.6 is 0 Å². The molecule has 7 heteroatoms. The normalized spacial score (nSPS) is 12.7. The molecule has 1 N–H and O–H groups in total. The zero-order chi connectivity index (χ0) is 19.4. The van der Waals surface area contributed by atoms with Crippen molar-refractivity contribution in [3.05, 3.63) is 29.3 Å². The molecule has 0 aliphatic carbocycles. The molecule has 0 fully saturated rings. The summed E-state index contributed by atoms with van der Waals surface area (Å²) in [6.45, 7) is 9.02. The standard InChI is InChI=1S/C18H31N3O3S/c1-14-8-9-16(10-15(14)2)25(23,24)21(7)11-17(22)19-12-18(3,4)13-20(5)6/h8-10H,11-13H2,1-7H3,(H,19,22). The van der Waals surface area contributed by atoms with Crippen LogP contribution in [-0.2, 0) is 14.8 Å². The second kappa shape index (κ2) is 8.29. The number of nitrogens with zero attached hydrogens (tertiary/aromatic N) is 2. The Labute approximate surface area is 152 Å². The molecule has 0 saturated carbocycles. The van der Waals surface area contributed by atoms with Crippen molar-refractivity contribution < 1.29 is 13.2 Å². The average molecular weight is 370 g/mol. The molecule has 0 aromatic heterocycles. The van der Waals surface area contributed by atoms with Crippen molar-refractivity contribution >= 4 is 15.9 Å². The predicted octanol–water partition coefficient (Wildman–Crippen LogP) is 1.63. The highest BCUT2D eigenvalue weighted by Gasteiger charge is 2.25. The second-order valence-electron chi connectivity index (χ2n) is 7.69. The lowest BCUT2D eigenvalue weighted by Gasteiger charge is -2.28. The molecular formula is C18H31N3O3S. The fraction of sp³-hybridized carbons (Fsp3) is 0.611. The number of hydrogen-bond donors (Lipinski definition) is 1. The number of nitrogens with one attached hydrogen (secondary N) is 1. The summed E-state index contributed by atoms with van der Waals surface area (Å²) in [5.74, 6) is -0.304. The summed E-state index contributed by atoms with van der Waals surface area (Å²) in [4.78, 5) is 14.4. The van der Waals surface area contributed by atoms with E-state index in [1.807, 2.05) is 27.9 Å². The zero-order valence-electron chi connectivity index (χ0n) is 16.4. The van der Waals surface area contributed by atoms with Gasteiger partial charge in [-0.2, -0.15) is 4.31 Å². The van der Waals surface area contributed by atoms with Crippen LogP contribution in [0.5, 0.6) is 0 Å². The van der Waals surface area contributed by atoms with Gasteiger partial charge in [-0.05, 0) is 56.6 Å². The fourth-order valence-corrected chi connectivity index (χ4v) is 3.86. The van der Waals surface area contributed by atoms with Gasteiger partial charge in [0.05, 0.1) is 11.4 Å². The molecule has 142 valence electrons. The van der Waals surface area contributed by atoms with Crippen LogP contribution < -0.4 is 5.32 Å². The van der Waals surface area contributed by atoms with E-state index in [1.165, 1.54) is 7.05 Å². The molecule has 1 rings (SSSR count). The van der Waals surface area contributed by atoms with Gasteiger partial charge in [0.1, 0.15) is 0 Å². The summed E-state index contributed by atoms with van der Waals surface area (Å²) in [6, 6.07) is 4.99. The number of likely N-dealkylation sites (N-methyl/N-ethyl adjacent to an activating group) is 1. The maximum absolute atomic E-state index is 12.6. The van der Waals surface area contributed by atoms with Gasteiger partial charge in [0.2, 0.25) is 15.9 Å². The van der Waals surface area contributed by atoms with Crippen LogP contribution in [0.2, 0.25) is 0 Å². The van der Waals surface area contributed by atoms with Gasteiger partial charge in [-0.25, -0.2) is 8.42 Å². The molecular weight excluding hydrogens is 338 g/mol. The van der Waals surface area contributed by atoms with Gasteiger partial charge in [-0.15, -0.1) is 0 Å². The van der Waals surface area contributed by atoms with Gasteiger partial charge in [0.15, 0.2) is 0 Å². The molecule has 1 aromatic carbocycles. The second-order valence-corrected chi connectivity index (χ2v) is 9.73. The average Bonchev–Trinajstić information content (AvgIpc) is 2.46. The minimum Gasteiger partial charge on any atom is -0.354 e. The summed E-state index contributed by atoms with van der Waals surface area (Å²) in [5.41, 5.74) is 1.84. The molecule has 0 bridgehead atoms. The van der Waals surface area contributed by atoms with E-state index in [2.05, 4.69) is 24.1 Å². The Morgan fingerprint density at radius 1 is 1.12 bits per heavy atom. The van der Waals surface area contributed by atoms with Crippen molar-refractivity contribution in [1.82, 2.24) is 14.5 Å². The Bertz CT molecular complexity index is 712. The molecule has 0 atom stereocenters. The van der Waals surface area contributed by atoms with E-state index in [4.69, 9.17) is 0 Å². The SMILES string of the molecule is Cc1ccc(S(=O)(=O)N(C)CC(=O)NCC(C)(C)CN(C)C)cc1C. The van der Waals surface area contributed by atoms with Crippen LogP contribution in [0.3, 0.4) is 0 Å². The van der Waals surface area contributed by atoms with E-state index >= 15 is 0 Å². The van der Waals surface area contributed by atoms with Gasteiger partial charge in [-0.1, -0.05) is 19.9 Å². The number of benzene rings is 1. The van der Waals surface area contributed by atoms with E-state index in [0.29, 0.717) is 6.54 Å². The van der Waals surface area contributed by atoms with Gasteiger partial charge in [-0.3, -0.25) is 4.79 Å². The Hall–Kier alpha value is -1.44. The molecule has 0 saturated heterocycles. The van der Waals surface area contributed by atoms with Crippen molar-refractivity contribution in [2.45, 2.75) is 32.6 Å². The number of aryl methyl sites for hydroxylation is 2. The topological polar surface area (TPSA) is 69.7 Å². The van der Waals surface area contributed by atoms with Crippen molar-refractivity contribution in [1.29, 1.82) is 0 Å². The minimum absolute atomic E-state index is 0.0926. The molecule has 6 nitrogen and oxygen atoms in total. The number of carbonyl (C=O) groups is 1. The van der Waals surface area contributed by atoms with Crippen molar-refractivity contribution in [3.8, 4) is 0 Å². The number of amides is 1. The molecule has 1 aromatic rings. The first-order valence-electron chi connectivity index (χ1n) is 8.30. The Morgan fingerprint density at radius 2 is 1.72 bits per heavy atom. The molecule has 0 unspecified atom stereocenters. The first kappa shape index (κ1) is 21.6. The lowest BCUT2D eigenvalue weighted by atomic mass is 9.93. The summed E-state index contributed by atoms with van der Waals surface area (Å²) >= 11 is 0. The van der Waals surface area contributed by atoms with Gasteiger partial charge in [0.25, 0.3) is 0 Å². The zero-order valence-corrected chi connectivity index (χ0v) is 17.2. The smallest absolute Gasteiger partial charge is 0.243 e. The third kappa shape index (κ3) is 6.41. The van der Waals surface area contributed by atoms with Crippen molar-refractivity contribution in [2.24, 2.45) is 5.41 Å². The predicted molar refractivity (Wildman–Crippen MR) is 101 cm³/mol. The summed E-state index contributed by atoms with van der Waals surface area (Å²) in [7, 11) is 1.70. The van der Waals surface area contributed by atoms with Gasteiger partial charge in [0, 0.05) is 20.1 Å². The quantitative estimate of drug-likeness (QED) is 0.756. The molecule has 0 radical (unpaired) electrons. The van der Waals surface area contributed by atoms with Crippen LogP contribution in [0, 0.1) is 19.3 Å². The van der Waals surface area contributed by atoms with Crippen LogP contribution in [-0.4, -0.2) is 64.3 Å². The summed E-state index contributed by atoms with van der Waals surface area (Å²) in [6.07, 6.45) is 0. The lowest BCUT2D eigenvalue weighted by molar-refractivity contribution is -0.121. The van der Waals surface area contributed by atoms with Crippen LogP contribution in [0.4, 0.5) is 0 Å². The monoisotopic (exact) mass is 369 g/mol. The number of carbonyl (C=O) groups excluding carboxylic acids is 1. The lowest BCUT2D eigenvalue weighted by Crippen LogP contribution is -2.44. The Morgan fingerprint density at radius 3 is 2.24 bits per heavy atom. The molecule has 0 aliphatic heterocycles. The minimum atomic E-state index is -3.68. The number of rotatable bonds is 8. The third-order valence-electron chi connectivity index (χ3n) is 4.06. The van der Waals surface area contributed by atoms with E-state index in [-0.39, 0.29) is 22.8 Å². The highest BCUT2D eigenvalue weighted by molar-refractivity contribution is 7.89. The van der Waals surface area contributed by atoms with E-state index < -0.39 is 10.0 Å². The highest BCUT2D eigenvalue weighted by atomic mass is 32.2. The van der Waals surface area contributed by atoms with Gasteiger partial charge < -0.3 is 10.2 Å². The largest absolute Gasteiger partial charge is 0.354 e. The van der Waals surface area contributed by atoms with Crippen molar-refractivity contribution in [2.75, 3.05) is 40.8 Å². The Balaban J connectivity index is 2.72. The molecule has 0 spiro atoms. The number of hydrogen-bond acceptors (Lipinski definition) is 4. The van der Waals surface area contributed by atoms with Crippen LogP contribution in [0.25, 0.3) is 0 Å². The van der Waals surface area contributed by atoms with Gasteiger partial charge >= 0.3 is 0 Å². The highest BCUT2D eigenvalue weighted by Crippen LogP contribution is 2.18. The maximum Gasteiger partial charge on any atom is 0.243 e. The molecule has 1 amide bonds. The molecule has 25 heavy (non-hydrogen) atoms. The van der Waals surface area contributed by atoms with Crippen molar-refractivity contribution in [3.63, 3.8) is 0 Å². The van der Waals surface area contributed by atoms with Crippen LogP contribution in [0.15, 0.2) is 23.1 Å². The third-order valence-corrected chi connectivity index (χ3v) is 5.86. The summed E-state index contributed by atoms with van der Waals surface area (Å²) in [5, 5.41) is 2.83. The first-order chi connectivity index (χ1) is 11.3. The Kier molecular flexibility index (Phi) is 7.17. The van der Waals surface area contributed by atoms with Crippen LogP contribution in [0.1, 0.15) is 25.0 Å². The molecule has 0 aliphatic rings. The molecule has 0 heterocycles. The summed E-state index contributed by atoms with van der Waals surface area (Å²) < 4.78 is 26.3. The first-order valence-corrected chi connectivity index (χ1v) is 9.74. The number of sulfonamides is 1. The van der Waals surface area contributed by atoms with E-state index in [0.717, 1.165) is 22.0 Å². The fourth-order valence-electron chi connectivity index (χ4n) is 2.65.